The fourth-order valence-electron chi connectivity index (χ4n) is 2.71. The fourth-order valence-corrected chi connectivity index (χ4v) is 2.71. The smallest absolute Gasteiger partial charge is 0.174 e. The molecule has 24 heavy (non-hydrogen) atoms. The summed E-state index contributed by atoms with van der Waals surface area (Å²) in [4.78, 5) is 0. The molecule has 2 heterocycles. The Morgan fingerprint density at radius 3 is 1.38 bits per heavy atom. The highest BCUT2D eigenvalue weighted by molar-refractivity contribution is 5.21. The summed E-state index contributed by atoms with van der Waals surface area (Å²) in [6.07, 6.45) is 7.93. The quantitative estimate of drug-likeness (QED) is 0.673. The van der Waals surface area contributed by atoms with Crippen molar-refractivity contribution in [2.24, 2.45) is 0 Å². The average molecular weight is 322 g/mol. The maximum absolute atomic E-state index is 9.21. The lowest BCUT2D eigenvalue weighted by molar-refractivity contribution is -0.689. The van der Waals surface area contributed by atoms with Crippen molar-refractivity contribution >= 4 is 0 Å². The van der Waals surface area contributed by atoms with Gasteiger partial charge in [-0.15, -0.1) is 0 Å². The molecule has 3 aromatic rings. The third-order valence-electron chi connectivity index (χ3n) is 3.96. The number of aromatic nitrogens is 2. The number of hydrogen-bond donors (Lipinski definition) is 2. The van der Waals surface area contributed by atoms with Gasteiger partial charge >= 0.3 is 0 Å². The van der Waals surface area contributed by atoms with Gasteiger partial charge in [0.2, 0.25) is 0 Å². The first-order valence-corrected chi connectivity index (χ1v) is 8.02. The third-order valence-corrected chi connectivity index (χ3v) is 3.96. The van der Waals surface area contributed by atoms with Crippen molar-refractivity contribution in [1.29, 1.82) is 0 Å². The molecule has 0 atom stereocenters. The summed E-state index contributed by atoms with van der Waals surface area (Å²) in [5, 5.41) is 18.4. The summed E-state index contributed by atoms with van der Waals surface area (Å²) >= 11 is 0. The van der Waals surface area contributed by atoms with E-state index < -0.39 is 0 Å². The predicted octanol–water partition coefficient (Wildman–Crippen LogP) is 1.34. The van der Waals surface area contributed by atoms with Crippen LogP contribution in [0, 0.1) is 0 Å². The maximum Gasteiger partial charge on any atom is 0.174 e. The van der Waals surface area contributed by atoms with Crippen molar-refractivity contribution in [3.63, 3.8) is 0 Å². The van der Waals surface area contributed by atoms with E-state index in [4.69, 9.17) is 0 Å². The molecular weight excluding hydrogens is 300 g/mol. The number of pyridine rings is 2. The molecule has 0 aliphatic carbocycles. The Hall–Kier alpha value is -2.56. The van der Waals surface area contributed by atoms with Crippen molar-refractivity contribution in [1.82, 2.24) is 0 Å². The van der Waals surface area contributed by atoms with Gasteiger partial charge in [0.1, 0.15) is 0 Å². The molecule has 0 saturated heterocycles. The molecule has 0 aliphatic heterocycles. The first kappa shape index (κ1) is 16.3. The van der Waals surface area contributed by atoms with Gasteiger partial charge in [0, 0.05) is 34.4 Å². The van der Waals surface area contributed by atoms with Crippen molar-refractivity contribution in [3.8, 4) is 0 Å². The van der Waals surface area contributed by atoms with Crippen LogP contribution in [-0.4, -0.2) is 10.2 Å². The van der Waals surface area contributed by atoms with Crippen LogP contribution in [0.4, 0.5) is 0 Å². The number of aliphatic hydroxyl groups is 2. The molecule has 0 saturated carbocycles. The summed E-state index contributed by atoms with van der Waals surface area (Å²) in [6, 6.07) is 16.2. The van der Waals surface area contributed by atoms with Crippen LogP contribution in [0.25, 0.3) is 0 Å². The van der Waals surface area contributed by atoms with Crippen LogP contribution in [-0.2, 0) is 26.3 Å². The molecule has 2 N–H and O–H groups in total. The summed E-state index contributed by atoms with van der Waals surface area (Å²) in [5.41, 5.74) is 4.25. The molecular formula is C20H22N2O2+2. The van der Waals surface area contributed by atoms with Gasteiger partial charge in [-0.25, -0.2) is 9.13 Å². The number of benzene rings is 1. The van der Waals surface area contributed by atoms with Crippen molar-refractivity contribution < 1.29 is 19.3 Å². The van der Waals surface area contributed by atoms with E-state index >= 15 is 0 Å². The van der Waals surface area contributed by atoms with Crippen LogP contribution in [0.2, 0.25) is 0 Å². The Morgan fingerprint density at radius 2 is 1.00 bits per heavy atom. The van der Waals surface area contributed by atoms with Crippen LogP contribution in [0.3, 0.4) is 0 Å². The van der Waals surface area contributed by atoms with Crippen LogP contribution in [0.1, 0.15) is 22.3 Å². The summed E-state index contributed by atoms with van der Waals surface area (Å²) < 4.78 is 4.14. The number of nitrogens with zero attached hydrogens (tertiary/aromatic N) is 2. The van der Waals surface area contributed by atoms with Gasteiger partial charge in [0.25, 0.3) is 0 Å². The van der Waals surface area contributed by atoms with Gasteiger partial charge in [-0.1, -0.05) is 24.3 Å². The van der Waals surface area contributed by atoms with Gasteiger partial charge < -0.3 is 10.2 Å². The zero-order valence-corrected chi connectivity index (χ0v) is 13.5. The number of rotatable bonds is 6. The van der Waals surface area contributed by atoms with E-state index in [-0.39, 0.29) is 13.2 Å². The molecule has 1 aromatic carbocycles. The van der Waals surface area contributed by atoms with E-state index in [1.54, 1.807) is 0 Å². The molecule has 0 amide bonds. The molecule has 122 valence electrons. The Kier molecular flexibility index (Phi) is 5.31. The van der Waals surface area contributed by atoms with E-state index in [1.165, 1.54) is 11.1 Å². The van der Waals surface area contributed by atoms with E-state index in [0.29, 0.717) is 0 Å². The largest absolute Gasteiger partial charge is 0.391 e. The molecule has 0 aliphatic rings. The second-order valence-electron chi connectivity index (χ2n) is 5.90. The predicted molar refractivity (Wildman–Crippen MR) is 89.8 cm³/mol. The van der Waals surface area contributed by atoms with Crippen LogP contribution >= 0.6 is 0 Å². The third kappa shape index (κ3) is 4.25. The lowest BCUT2D eigenvalue weighted by Gasteiger charge is -2.02. The fraction of sp³-hybridized carbons (Fsp3) is 0.200. The number of aliphatic hydroxyl groups excluding tert-OH is 2. The SMILES string of the molecule is OCc1ccc[n+](Cc2ccc(C[n+]3cccc(CO)c3)cc2)c1. The minimum Gasteiger partial charge on any atom is -0.391 e. The highest BCUT2D eigenvalue weighted by Crippen LogP contribution is 2.05. The standard InChI is InChI=1S/C20H22N2O2/c23-15-19-3-1-9-21(13-19)11-17-5-7-18(8-6-17)12-22-10-2-4-20(14-22)16-24/h1-10,13-14,23-24H,11-12,15-16H2/q+2. The number of hydrogen-bond acceptors (Lipinski definition) is 2. The molecule has 4 nitrogen and oxygen atoms in total. The molecule has 3 rings (SSSR count). The maximum atomic E-state index is 9.21. The minimum atomic E-state index is 0.0594. The van der Waals surface area contributed by atoms with Gasteiger partial charge in [0.15, 0.2) is 37.9 Å². The Balaban J connectivity index is 1.68. The zero-order valence-electron chi connectivity index (χ0n) is 13.5. The lowest BCUT2D eigenvalue weighted by atomic mass is 10.1. The summed E-state index contributed by atoms with van der Waals surface area (Å²) in [5.74, 6) is 0. The normalized spacial score (nSPS) is 10.8. The van der Waals surface area contributed by atoms with Crippen LogP contribution in [0.5, 0.6) is 0 Å². The van der Waals surface area contributed by atoms with Gasteiger partial charge in [0.05, 0.1) is 13.2 Å². The second-order valence-corrected chi connectivity index (χ2v) is 5.90. The molecule has 0 unspecified atom stereocenters. The van der Waals surface area contributed by atoms with Crippen molar-refractivity contribution in [3.05, 3.63) is 95.6 Å². The van der Waals surface area contributed by atoms with E-state index in [1.807, 2.05) is 49.1 Å². The van der Waals surface area contributed by atoms with Gasteiger partial charge in [-0.05, 0) is 12.1 Å². The van der Waals surface area contributed by atoms with Crippen LogP contribution in [0.15, 0.2) is 73.3 Å². The Bertz CT molecular complexity index is 732. The average Bonchev–Trinajstić information content (AvgIpc) is 2.64. The molecule has 0 radical (unpaired) electrons. The van der Waals surface area contributed by atoms with E-state index in [2.05, 4.69) is 33.4 Å². The highest BCUT2D eigenvalue weighted by atomic mass is 16.3. The van der Waals surface area contributed by atoms with Gasteiger partial charge in [-0.3, -0.25) is 0 Å². The summed E-state index contributed by atoms with van der Waals surface area (Å²) in [7, 11) is 0. The first-order chi connectivity index (χ1) is 11.8. The van der Waals surface area contributed by atoms with E-state index in [9.17, 15) is 10.2 Å². The molecule has 0 spiro atoms. The van der Waals surface area contributed by atoms with Crippen molar-refractivity contribution in [2.45, 2.75) is 26.3 Å². The lowest BCUT2D eigenvalue weighted by Crippen LogP contribution is -2.34. The Morgan fingerprint density at radius 1 is 0.583 bits per heavy atom. The van der Waals surface area contributed by atoms with Crippen LogP contribution < -0.4 is 9.13 Å². The van der Waals surface area contributed by atoms with Crippen molar-refractivity contribution in [2.75, 3.05) is 0 Å². The molecule has 2 aromatic heterocycles. The second kappa shape index (κ2) is 7.81. The minimum absolute atomic E-state index is 0.0594. The zero-order chi connectivity index (χ0) is 16.8. The summed E-state index contributed by atoms with van der Waals surface area (Å²) in [6.45, 7) is 1.68. The topological polar surface area (TPSA) is 48.2 Å². The van der Waals surface area contributed by atoms with Gasteiger partial charge in [-0.2, -0.15) is 0 Å². The molecule has 4 heteroatoms. The van der Waals surface area contributed by atoms with E-state index in [0.717, 1.165) is 24.2 Å². The highest BCUT2D eigenvalue weighted by Gasteiger charge is 2.07. The monoisotopic (exact) mass is 322 g/mol. The Labute approximate surface area is 141 Å². The molecule has 0 fully saturated rings. The molecule has 0 bridgehead atoms. The first-order valence-electron chi connectivity index (χ1n) is 8.02.